The lowest BCUT2D eigenvalue weighted by Crippen LogP contribution is -2.10. The molecule has 2 heterocycles. The first-order chi connectivity index (χ1) is 17.1. The predicted molar refractivity (Wildman–Crippen MR) is 150 cm³/mol. The van der Waals surface area contributed by atoms with E-state index in [1.54, 1.807) is 0 Å². The van der Waals surface area contributed by atoms with E-state index in [-0.39, 0.29) is 10.8 Å². The fourth-order valence-corrected chi connectivity index (χ4v) is 4.37. The molecule has 0 atom stereocenters. The van der Waals surface area contributed by atoms with Crippen molar-refractivity contribution in [3.63, 3.8) is 0 Å². The van der Waals surface area contributed by atoms with Gasteiger partial charge in [-0.05, 0) is 51.3 Å². The number of aromatic amines is 2. The summed E-state index contributed by atoms with van der Waals surface area (Å²) >= 11 is 0. The maximum atomic E-state index is 4.60. The van der Waals surface area contributed by atoms with E-state index in [0.717, 1.165) is 45.0 Å². The van der Waals surface area contributed by atoms with Crippen LogP contribution in [0.25, 0.3) is 45.0 Å². The second kappa shape index (κ2) is 8.94. The first-order valence-corrected chi connectivity index (χ1v) is 12.5. The Balaban J connectivity index is 1.38. The second-order valence-corrected chi connectivity index (χ2v) is 11.6. The van der Waals surface area contributed by atoms with Crippen LogP contribution < -0.4 is 0 Å². The second-order valence-electron chi connectivity index (χ2n) is 11.6. The van der Waals surface area contributed by atoms with Crippen molar-refractivity contribution in [3.8, 4) is 45.0 Å². The third-order valence-corrected chi connectivity index (χ3v) is 6.73. The van der Waals surface area contributed by atoms with Crippen LogP contribution in [0.2, 0.25) is 0 Å². The highest BCUT2D eigenvalue weighted by atomic mass is 15.1. The summed E-state index contributed by atoms with van der Waals surface area (Å²) in [4.78, 5) is 0. The molecule has 0 bridgehead atoms. The summed E-state index contributed by atoms with van der Waals surface area (Å²) in [7, 11) is 0. The van der Waals surface area contributed by atoms with E-state index >= 15 is 0 Å². The lowest BCUT2D eigenvalue weighted by atomic mass is 9.86. The van der Waals surface area contributed by atoms with Crippen LogP contribution in [0.15, 0.2) is 84.9 Å². The van der Waals surface area contributed by atoms with Crippen LogP contribution in [-0.2, 0) is 10.8 Å². The Hall–Kier alpha value is -3.92. The van der Waals surface area contributed by atoms with E-state index in [1.165, 1.54) is 11.1 Å². The summed E-state index contributed by atoms with van der Waals surface area (Å²) in [6.07, 6.45) is 0. The molecule has 0 aliphatic rings. The topological polar surface area (TPSA) is 57.4 Å². The molecule has 0 aliphatic carbocycles. The molecule has 3 aromatic carbocycles. The first-order valence-electron chi connectivity index (χ1n) is 12.5. The minimum absolute atomic E-state index is 0.139. The maximum absolute atomic E-state index is 4.60. The number of benzene rings is 3. The van der Waals surface area contributed by atoms with Crippen LogP contribution in [0, 0.1) is 0 Å². The highest BCUT2D eigenvalue weighted by Gasteiger charge is 2.15. The Morgan fingerprint density at radius 2 is 0.861 bits per heavy atom. The van der Waals surface area contributed by atoms with Gasteiger partial charge in [-0.1, -0.05) is 108 Å². The molecule has 4 nitrogen and oxygen atoms in total. The van der Waals surface area contributed by atoms with Crippen molar-refractivity contribution in [3.05, 3.63) is 96.1 Å². The van der Waals surface area contributed by atoms with Gasteiger partial charge in [0.2, 0.25) is 0 Å². The molecule has 0 amide bonds. The van der Waals surface area contributed by atoms with E-state index in [2.05, 4.69) is 147 Å². The maximum Gasteiger partial charge on any atom is 0.0927 e. The van der Waals surface area contributed by atoms with Crippen molar-refractivity contribution in [2.45, 2.75) is 52.4 Å². The average molecular weight is 475 g/mol. The summed E-state index contributed by atoms with van der Waals surface area (Å²) in [5.74, 6) is 0. The fraction of sp³-hybridized carbons (Fsp3) is 0.250. The van der Waals surface area contributed by atoms with Gasteiger partial charge in [0.05, 0.1) is 22.8 Å². The molecule has 5 aromatic rings. The van der Waals surface area contributed by atoms with Gasteiger partial charge >= 0.3 is 0 Å². The van der Waals surface area contributed by atoms with Gasteiger partial charge in [-0.25, -0.2) is 0 Å². The summed E-state index contributed by atoms with van der Waals surface area (Å²) < 4.78 is 0. The van der Waals surface area contributed by atoms with Gasteiger partial charge in [-0.2, -0.15) is 10.2 Å². The molecule has 0 spiro atoms. The van der Waals surface area contributed by atoms with E-state index in [0.29, 0.717) is 0 Å². The van der Waals surface area contributed by atoms with Crippen molar-refractivity contribution in [1.29, 1.82) is 0 Å². The van der Waals surface area contributed by atoms with E-state index in [4.69, 9.17) is 0 Å². The average Bonchev–Trinajstić information content (AvgIpc) is 3.54. The van der Waals surface area contributed by atoms with Crippen molar-refractivity contribution in [1.82, 2.24) is 20.4 Å². The molecule has 4 heteroatoms. The normalized spacial score (nSPS) is 12.2. The molecular weight excluding hydrogens is 440 g/mol. The molecule has 0 unspecified atom stereocenters. The van der Waals surface area contributed by atoms with Crippen molar-refractivity contribution < 1.29 is 0 Å². The van der Waals surface area contributed by atoms with Crippen molar-refractivity contribution in [2.24, 2.45) is 0 Å². The molecule has 36 heavy (non-hydrogen) atoms. The van der Waals surface area contributed by atoms with Crippen LogP contribution in [0.5, 0.6) is 0 Å². The number of rotatable bonds is 4. The zero-order chi connectivity index (χ0) is 25.5. The van der Waals surface area contributed by atoms with Gasteiger partial charge in [0, 0.05) is 11.1 Å². The van der Waals surface area contributed by atoms with Gasteiger partial charge < -0.3 is 0 Å². The van der Waals surface area contributed by atoms with Crippen LogP contribution in [0.3, 0.4) is 0 Å². The number of hydrogen-bond acceptors (Lipinski definition) is 2. The predicted octanol–water partition coefficient (Wildman–Crippen LogP) is 8.40. The van der Waals surface area contributed by atoms with Gasteiger partial charge in [-0.15, -0.1) is 0 Å². The number of nitrogens with zero attached hydrogens (tertiary/aromatic N) is 2. The molecule has 5 rings (SSSR count). The number of hydrogen-bond donors (Lipinski definition) is 2. The van der Waals surface area contributed by atoms with E-state index in [1.807, 2.05) is 0 Å². The Morgan fingerprint density at radius 3 is 1.22 bits per heavy atom. The Bertz CT molecular complexity index is 1360. The van der Waals surface area contributed by atoms with Crippen LogP contribution >= 0.6 is 0 Å². The molecule has 0 saturated heterocycles. The molecular formula is C32H34N4. The molecule has 0 fully saturated rings. The standard InChI is InChI=1S/C32H34N4/c1-31(2,3)25-14-10-21(11-15-25)27-19-29(35-33-27)23-8-7-9-24(18-23)30-20-28(34-36-30)22-12-16-26(17-13-22)32(4,5)6/h7-20H,1-6H3,(H,33,35)(H,34,36). The number of aromatic nitrogens is 4. The number of nitrogens with one attached hydrogen (secondary N) is 2. The Morgan fingerprint density at radius 1 is 0.472 bits per heavy atom. The van der Waals surface area contributed by atoms with Crippen LogP contribution in [0.1, 0.15) is 52.7 Å². The summed E-state index contributed by atoms with van der Waals surface area (Å²) in [5, 5.41) is 15.6. The number of H-pyrrole nitrogens is 2. The largest absolute Gasteiger partial charge is 0.277 e. The quantitative estimate of drug-likeness (QED) is 0.275. The SMILES string of the molecule is CC(C)(C)c1ccc(-c2cc(-c3cccc(-c4cc(-c5ccc(C(C)(C)C)cc5)[nH]n4)c3)n[nH]2)cc1. The minimum atomic E-state index is 0.139. The van der Waals surface area contributed by atoms with Crippen molar-refractivity contribution >= 4 is 0 Å². The molecule has 0 radical (unpaired) electrons. The Labute approximate surface area is 213 Å². The van der Waals surface area contributed by atoms with Gasteiger partial charge in [0.15, 0.2) is 0 Å². The van der Waals surface area contributed by atoms with Crippen LogP contribution in [-0.4, -0.2) is 20.4 Å². The van der Waals surface area contributed by atoms with Gasteiger partial charge in [-0.3, -0.25) is 10.2 Å². The van der Waals surface area contributed by atoms with Gasteiger partial charge in [0.25, 0.3) is 0 Å². The monoisotopic (exact) mass is 474 g/mol. The molecule has 2 aromatic heterocycles. The molecule has 0 aliphatic heterocycles. The highest BCUT2D eigenvalue weighted by molar-refractivity contribution is 5.74. The molecule has 2 N–H and O–H groups in total. The Kier molecular flexibility index (Phi) is 5.91. The first kappa shape index (κ1) is 23.8. The highest BCUT2D eigenvalue weighted by Crippen LogP contribution is 2.31. The summed E-state index contributed by atoms with van der Waals surface area (Å²) in [6, 6.07) is 30.0. The zero-order valence-corrected chi connectivity index (χ0v) is 22.0. The summed E-state index contributed by atoms with van der Waals surface area (Å²) in [5.41, 5.74) is 11.2. The third-order valence-electron chi connectivity index (χ3n) is 6.73. The molecule has 0 saturated carbocycles. The van der Waals surface area contributed by atoms with Crippen molar-refractivity contribution in [2.75, 3.05) is 0 Å². The minimum Gasteiger partial charge on any atom is -0.277 e. The van der Waals surface area contributed by atoms with E-state index < -0.39 is 0 Å². The zero-order valence-electron chi connectivity index (χ0n) is 22.0. The smallest absolute Gasteiger partial charge is 0.0927 e. The fourth-order valence-electron chi connectivity index (χ4n) is 4.37. The third kappa shape index (κ3) is 4.90. The molecule has 182 valence electrons. The lowest BCUT2D eigenvalue weighted by Gasteiger charge is -2.18. The van der Waals surface area contributed by atoms with Gasteiger partial charge in [0.1, 0.15) is 0 Å². The van der Waals surface area contributed by atoms with E-state index in [9.17, 15) is 0 Å². The summed E-state index contributed by atoms with van der Waals surface area (Å²) in [6.45, 7) is 13.4. The lowest BCUT2D eigenvalue weighted by molar-refractivity contribution is 0.590. The van der Waals surface area contributed by atoms with Crippen LogP contribution in [0.4, 0.5) is 0 Å².